The molecule has 0 aliphatic carbocycles. The lowest BCUT2D eigenvalue weighted by Crippen LogP contribution is -2.40. The molecule has 1 rings (SSSR count). The van der Waals surface area contributed by atoms with Crippen molar-refractivity contribution in [3.05, 3.63) is 42.0 Å². The van der Waals surface area contributed by atoms with E-state index in [-0.39, 0.29) is 0 Å². The molecule has 0 radical (unpaired) electrons. The molecule has 1 atom stereocenters. The van der Waals surface area contributed by atoms with E-state index >= 15 is 0 Å². The number of hydrogen-bond acceptors (Lipinski definition) is 3. The van der Waals surface area contributed by atoms with E-state index in [0.29, 0.717) is 19.4 Å². The van der Waals surface area contributed by atoms with Crippen molar-refractivity contribution >= 4 is 18.0 Å². The van der Waals surface area contributed by atoms with Crippen molar-refractivity contribution in [2.45, 2.75) is 18.9 Å². The first-order valence-corrected chi connectivity index (χ1v) is 6.39. The maximum absolute atomic E-state index is 11.7. The molecule has 1 unspecified atom stereocenters. The number of nitrogens with one attached hydrogen (secondary N) is 1. The lowest BCUT2D eigenvalue weighted by Gasteiger charge is -2.12. The summed E-state index contributed by atoms with van der Waals surface area (Å²) in [6.45, 7) is 0.472. The minimum Gasteiger partial charge on any atom is -0.480 e. The van der Waals surface area contributed by atoms with E-state index < -0.39 is 17.9 Å². The average Bonchev–Trinajstić information content (AvgIpc) is 2.45. The van der Waals surface area contributed by atoms with Gasteiger partial charge >= 0.3 is 5.97 Å². The normalized spacial score (nSPS) is 12.2. The molecule has 0 heterocycles. The molecule has 0 aliphatic rings. The molecule has 2 N–H and O–H groups in total. The predicted octanol–water partition coefficient (Wildman–Crippen LogP) is 1.70. The maximum atomic E-state index is 11.7. The Morgan fingerprint density at radius 1 is 1.35 bits per heavy atom. The summed E-state index contributed by atoms with van der Waals surface area (Å²) < 4.78 is 4.86. The monoisotopic (exact) mass is 277 g/mol. The number of hydrogen-bond donors (Lipinski definition) is 2. The van der Waals surface area contributed by atoms with Crippen molar-refractivity contribution < 1.29 is 19.4 Å². The molecule has 0 fully saturated rings. The van der Waals surface area contributed by atoms with Gasteiger partial charge in [-0.15, -0.1) is 0 Å². The molecule has 1 aromatic carbocycles. The van der Waals surface area contributed by atoms with Crippen LogP contribution in [0.5, 0.6) is 0 Å². The number of ether oxygens (including phenoxy) is 1. The molecule has 5 heteroatoms. The topological polar surface area (TPSA) is 75.6 Å². The summed E-state index contributed by atoms with van der Waals surface area (Å²) in [4.78, 5) is 22.7. The van der Waals surface area contributed by atoms with Gasteiger partial charge in [0.2, 0.25) is 5.91 Å². The summed E-state index contributed by atoms with van der Waals surface area (Å²) >= 11 is 0. The lowest BCUT2D eigenvalue weighted by molar-refractivity contribution is -0.141. The Morgan fingerprint density at radius 2 is 2.05 bits per heavy atom. The van der Waals surface area contributed by atoms with Gasteiger partial charge in [0.25, 0.3) is 0 Å². The van der Waals surface area contributed by atoms with Crippen LogP contribution in [0.15, 0.2) is 36.4 Å². The van der Waals surface area contributed by atoms with Gasteiger partial charge in [0.1, 0.15) is 6.04 Å². The van der Waals surface area contributed by atoms with Gasteiger partial charge in [-0.1, -0.05) is 30.3 Å². The van der Waals surface area contributed by atoms with Crippen LogP contribution in [-0.4, -0.2) is 36.7 Å². The van der Waals surface area contributed by atoms with Crippen molar-refractivity contribution in [1.29, 1.82) is 0 Å². The number of benzene rings is 1. The third-order valence-corrected chi connectivity index (χ3v) is 2.68. The van der Waals surface area contributed by atoms with Gasteiger partial charge in [-0.25, -0.2) is 4.79 Å². The standard InChI is InChI=1S/C15H19NO4/c1-20-11-5-8-13(15(18)19)16-14(17)10-9-12-6-3-2-4-7-12/h2-4,6-7,9-10,13H,5,8,11H2,1H3,(H,16,17)(H,18,19)/b10-9+. The largest absolute Gasteiger partial charge is 0.480 e. The number of rotatable bonds is 8. The van der Waals surface area contributed by atoms with Gasteiger partial charge in [0.05, 0.1) is 0 Å². The Labute approximate surface area is 118 Å². The molecule has 0 spiro atoms. The molecular formula is C15H19NO4. The smallest absolute Gasteiger partial charge is 0.326 e. The highest BCUT2D eigenvalue weighted by molar-refractivity contribution is 5.94. The van der Waals surface area contributed by atoms with Gasteiger partial charge in [0, 0.05) is 19.8 Å². The van der Waals surface area contributed by atoms with Crippen LogP contribution in [0.25, 0.3) is 6.08 Å². The number of carboxylic acid groups (broad SMARTS) is 1. The van der Waals surface area contributed by atoms with E-state index in [1.165, 1.54) is 6.08 Å². The van der Waals surface area contributed by atoms with Crippen molar-refractivity contribution in [1.82, 2.24) is 5.32 Å². The summed E-state index contributed by atoms with van der Waals surface area (Å²) in [5.41, 5.74) is 0.883. The second-order valence-electron chi connectivity index (χ2n) is 4.28. The molecule has 0 aromatic heterocycles. The Kier molecular flexibility index (Phi) is 7.06. The number of carbonyl (C=O) groups excluding carboxylic acids is 1. The molecular weight excluding hydrogens is 258 g/mol. The van der Waals surface area contributed by atoms with Crippen LogP contribution >= 0.6 is 0 Å². The number of aliphatic carboxylic acids is 1. The molecule has 108 valence electrons. The van der Waals surface area contributed by atoms with Crippen LogP contribution in [0.2, 0.25) is 0 Å². The van der Waals surface area contributed by atoms with Gasteiger partial charge in [-0.05, 0) is 24.5 Å². The van der Waals surface area contributed by atoms with Crippen LogP contribution < -0.4 is 5.32 Å². The number of carboxylic acids is 1. The zero-order valence-corrected chi connectivity index (χ0v) is 11.4. The van der Waals surface area contributed by atoms with Crippen LogP contribution in [0.4, 0.5) is 0 Å². The highest BCUT2D eigenvalue weighted by Crippen LogP contribution is 2.02. The molecule has 1 amide bonds. The molecule has 0 bridgehead atoms. The van der Waals surface area contributed by atoms with Gasteiger partial charge in [-0.3, -0.25) is 4.79 Å². The van der Waals surface area contributed by atoms with E-state index in [2.05, 4.69) is 5.32 Å². The summed E-state index contributed by atoms with van der Waals surface area (Å²) in [6, 6.07) is 8.44. The molecule has 20 heavy (non-hydrogen) atoms. The Hall–Kier alpha value is -2.14. The molecule has 1 aromatic rings. The quantitative estimate of drug-likeness (QED) is 0.560. The summed E-state index contributed by atoms with van der Waals surface area (Å²) in [5.74, 6) is -1.46. The van der Waals surface area contributed by atoms with Crippen LogP contribution in [0.3, 0.4) is 0 Å². The lowest BCUT2D eigenvalue weighted by atomic mass is 10.1. The fourth-order valence-corrected chi connectivity index (χ4v) is 1.65. The summed E-state index contributed by atoms with van der Waals surface area (Å²) in [7, 11) is 1.55. The zero-order chi connectivity index (χ0) is 14.8. The van der Waals surface area contributed by atoms with Gasteiger partial charge in [0.15, 0.2) is 0 Å². The second-order valence-corrected chi connectivity index (χ2v) is 4.28. The van der Waals surface area contributed by atoms with Crippen LogP contribution in [-0.2, 0) is 14.3 Å². The van der Waals surface area contributed by atoms with Crippen LogP contribution in [0, 0.1) is 0 Å². The summed E-state index contributed by atoms with van der Waals surface area (Å²) in [6.07, 6.45) is 3.90. The fraction of sp³-hybridized carbons (Fsp3) is 0.333. The third kappa shape index (κ3) is 6.15. The highest BCUT2D eigenvalue weighted by Gasteiger charge is 2.18. The first-order valence-electron chi connectivity index (χ1n) is 6.39. The third-order valence-electron chi connectivity index (χ3n) is 2.68. The summed E-state index contributed by atoms with van der Waals surface area (Å²) in [5, 5.41) is 11.5. The number of amides is 1. The minimum atomic E-state index is -1.04. The first-order chi connectivity index (χ1) is 9.63. The van der Waals surface area contributed by atoms with E-state index in [4.69, 9.17) is 9.84 Å². The van der Waals surface area contributed by atoms with E-state index in [1.54, 1.807) is 13.2 Å². The van der Waals surface area contributed by atoms with E-state index in [9.17, 15) is 9.59 Å². The van der Waals surface area contributed by atoms with Crippen LogP contribution in [0.1, 0.15) is 18.4 Å². The van der Waals surface area contributed by atoms with Crippen molar-refractivity contribution in [3.8, 4) is 0 Å². The minimum absolute atomic E-state index is 0.341. The Bertz CT molecular complexity index is 456. The fourth-order valence-electron chi connectivity index (χ4n) is 1.65. The Balaban J connectivity index is 2.49. The molecule has 0 saturated heterocycles. The average molecular weight is 277 g/mol. The SMILES string of the molecule is COCCCC(NC(=O)/C=C/c1ccccc1)C(=O)O. The Morgan fingerprint density at radius 3 is 2.65 bits per heavy atom. The number of carbonyl (C=O) groups is 2. The van der Waals surface area contributed by atoms with Crippen molar-refractivity contribution in [2.24, 2.45) is 0 Å². The molecule has 5 nitrogen and oxygen atoms in total. The molecule has 0 saturated carbocycles. The van der Waals surface area contributed by atoms with E-state index in [1.807, 2.05) is 30.3 Å². The maximum Gasteiger partial charge on any atom is 0.326 e. The first kappa shape index (κ1) is 15.9. The second kappa shape index (κ2) is 8.87. The highest BCUT2D eigenvalue weighted by atomic mass is 16.5. The van der Waals surface area contributed by atoms with Crippen molar-refractivity contribution in [3.63, 3.8) is 0 Å². The van der Waals surface area contributed by atoms with Gasteiger partial charge in [-0.2, -0.15) is 0 Å². The van der Waals surface area contributed by atoms with E-state index in [0.717, 1.165) is 5.56 Å². The van der Waals surface area contributed by atoms with Crippen molar-refractivity contribution in [2.75, 3.05) is 13.7 Å². The molecule has 0 aliphatic heterocycles. The predicted molar refractivity (Wildman–Crippen MR) is 76.2 cm³/mol. The number of methoxy groups -OCH3 is 1. The van der Waals surface area contributed by atoms with Gasteiger partial charge < -0.3 is 15.2 Å². The zero-order valence-electron chi connectivity index (χ0n) is 11.4.